The molecule has 1 atom stereocenters. The van der Waals surface area contributed by atoms with Crippen LogP contribution >= 0.6 is 24.8 Å². The van der Waals surface area contributed by atoms with E-state index in [2.05, 4.69) is 20.6 Å². The zero-order valence-electron chi connectivity index (χ0n) is 8.56. The topological polar surface area (TPSA) is 49.8 Å². The average Bonchev–Trinajstić information content (AvgIpc) is 2.57. The Hall–Kier alpha value is -0.580. The van der Waals surface area contributed by atoms with Gasteiger partial charge in [0, 0.05) is 24.3 Å². The minimum absolute atomic E-state index is 0. The van der Waals surface area contributed by atoms with Crippen molar-refractivity contribution in [3.8, 4) is 0 Å². The number of halogens is 2. The third kappa shape index (κ3) is 4.20. The molecule has 1 aromatic rings. The number of nitrogens with one attached hydrogen (secondary N) is 2. The number of nitrogens with zero attached hydrogens (tertiary/aromatic N) is 2. The fraction of sp³-hybridized carbons (Fsp3) is 0.556. The summed E-state index contributed by atoms with van der Waals surface area (Å²) in [6.07, 6.45) is 2.77. The van der Waals surface area contributed by atoms with Gasteiger partial charge in [-0.1, -0.05) is 0 Å². The Morgan fingerprint density at radius 1 is 1.40 bits per heavy atom. The van der Waals surface area contributed by atoms with Crippen molar-refractivity contribution in [1.29, 1.82) is 0 Å². The second kappa shape index (κ2) is 6.82. The van der Waals surface area contributed by atoms with Crippen LogP contribution in [0.2, 0.25) is 0 Å². The van der Waals surface area contributed by atoms with Crippen LogP contribution in [0.5, 0.6) is 0 Å². The van der Waals surface area contributed by atoms with E-state index >= 15 is 0 Å². The van der Waals surface area contributed by atoms with Gasteiger partial charge in [-0.3, -0.25) is 0 Å². The highest BCUT2D eigenvalue weighted by Crippen LogP contribution is 2.08. The molecule has 0 unspecified atom stereocenters. The van der Waals surface area contributed by atoms with Gasteiger partial charge in [0.05, 0.1) is 0 Å². The largest absolute Gasteiger partial charge is 0.366 e. The van der Waals surface area contributed by atoms with E-state index in [1.165, 1.54) is 6.42 Å². The van der Waals surface area contributed by atoms with Crippen molar-refractivity contribution in [3.05, 3.63) is 18.1 Å². The molecule has 86 valence electrons. The van der Waals surface area contributed by atoms with E-state index in [0.717, 1.165) is 24.6 Å². The summed E-state index contributed by atoms with van der Waals surface area (Å²) in [6, 6.07) is 2.49. The first-order valence-electron chi connectivity index (χ1n) is 4.60. The highest BCUT2D eigenvalue weighted by atomic mass is 35.5. The molecule has 0 spiro atoms. The van der Waals surface area contributed by atoms with Gasteiger partial charge in [-0.25, -0.2) is 9.97 Å². The molecule has 0 aliphatic carbocycles. The van der Waals surface area contributed by atoms with Gasteiger partial charge in [-0.2, -0.15) is 0 Å². The molecule has 0 aromatic carbocycles. The first kappa shape index (κ1) is 14.4. The molecule has 1 aliphatic heterocycles. The van der Waals surface area contributed by atoms with Gasteiger partial charge in [0.2, 0.25) is 0 Å². The lowest BCUT2D eigenvalue weighted by Crippen LogP contribution is -2.22. The van der Waals surface area contributed by atoms with Crippen LogP contribution in [0.4, 0.5) is 5.82 Å². The highest BCUT2D eigenvalue weighted by Gasteiger charge is 2.13. The van der Waals surface area contributed by atoms with Crippen LogP contribution in [0.25, 0.3) is 0 Å². The summed E-state index contributed by atoms with van der Waals surface area (Å²) in [5, 5.41) is 6.67. The predicted octanol–water partition coefficient (Wildman–Crippen LogP) is 1.40. The Labute approximate surface area is 102 Å². The molecule has 0 saturated carbocycles. The fourth-order valence-electron chi connectivity index (χ4n) is 1.52. The van der Waals surface area contributed by atoms with Crippen LogP contribution in [0.1, 0.15) is 12.1 Å². The van der Waals surface area contributed by atoms with Crippen molar-refractivity contribution in [1.82, 2.24) is 15.3 Å². The second-order valence-corrected chi connectivity index (χ2v) is 3.38. The summed E-state index contributed by atoms with van der Waals surface area (Å²) < 4.78 is 0. The molecule has 6 heteroatoms. The fourth-order valence-corrected chi connectivity index (χ4v) is 1.52. The molecular weight excluding hydrogens is 235 g/mol. The molecule has 2 N–H and O–H groups in total. The van der Waals surface area contributed by atoms with Gasteiger partial charge in [0.15, 0.2) is 0 Å². The summed E-state index contributed by atoms with van der Waals surface area (Å²) in [5.41, 5.74) is 1.00. The van der Waals surface area contributed by atoms with Gasteiger partial charge >= 0.3 is 0 Å². The number of hydrogen-bond donors (Lipinski definition) is 2. The lowest BCUT2D eigenvalue weighted by atomic mass is 10.2. The Kier molecular flexibility index (Phi) is 6.56. The molecule has 1 fully saturated rings. The van der Waals surface area contributed by atoms with E-state index in [-0.39, 0.29) is 24.8 Å². The maximum absolute atomic E-state index is 4.15. The molecule has 2 heterocycles. The summed E-state index contributed by atoms with van der Waals surface area (Å²) >= 11 is 0. The normalized spacial score (nSPS) is 18.9. The quantitative estimate of drug-likeness (QED) is 0.834. The number of hydrogen-bond acceptors (Lipinski definition) is 4. The van der Waals surface area contributed by atoms with Crippen molar-refractivity contribution in [2.45, 2.75) is 19.4 Å². The molecule has 1 aromatic heterocycles. The lowest BCUT2D eigenvalue weighted by molar-refractivity contribution is 0.786. The maximum Gasteiger partial charge on any atom is 0.129 e. The first-order chi connectivity index (χ1) is 6.34. The molecule has 2 rings (SSSR count). The summed E-state index contributed by atoms with van der Waals surface area (Å²) in [6.45, 7) is 4.10. The van der Waals surface area contributed by atoms with Crippen LogP contribution in [-0.4, -0.2) is 29.1 Å². The van der Waals surface area contributed by atoms with Crippen LogP contribution in [0.3, 0.4) is 0 Å². The maximum atomic E-state index is 4.15. The number of aryl methyl sites for hydroxylation is 1. The zero-order valence-corrected chi connectivity index (χ0v) is 10.2. The van der Waals surface area contributed by atoms with Gasteiger partial charge in [-0.05, 0) is 19.9 Å². The predicted molar refractivity (Wildman–Crippen MR) is 66.2 cm³/mol. The SMILES string of the molecule is Cc1cc(N[C@H]2CCNC2)ncn1.Cl.Cl. The molecule has 0 bridgehead atoms. The molecule has 4 nitrogen and oxygen atoms in total. The summed E-state index contributed by atoms with van der Waals surface area (Å²) in [7, 11) is 0. The molecule has 0 amide bonds. The highest BCUT2D eigenvalue weighted by molar-refractivity contribution is 5.85. The van der Waals surface area contributed by atoms with Crippen LogP contribution in [-0.2, 0) is 0 Å². The van der Waals surface area contributed by atoms with Crippen molar-refractivity contribution in [2.75, 3.05) is 18.4 Å². The Bertz CT molecular complexity index is 289. The molecule has 1 saturated heterocycles. The van der Waals surface area contributed by atoms with Crippen molar-refractivity contribution in [2.24, 2.45) is 0 Å². The number of rotatable bonds is 2. The Morgan fingerprint density at radius 2 is 2.20 bits per heavy atom. The van der Waals surface area contributed by atoms with E-state index in [9.17, 15) is 0 Å². The molecule has 0 radical (unpaired) electrons. The average molecular weight is 251 g/mol. The monoisotopic (exact) mass is 250 g/mol. The second-order valence-electron chi connectivity index (χ2n) is 3.38. The van der Waals surface area contributed by atoms with Gasteiger partial charge < -0.3 is 10.6 Å². The molecule has 1 aliphatic rings. The lowest BCUT2D eigenvalue weighted by Gasteiger charge is -2.11. The smallest absolute Gasteiger partial charge is 0.129 e. The van der Waals surface area contributed by atoms with Gasteiger partial charge in [0.1, 0.15) is 12.1 Å². The summed E-state index contributed by atoms with van der Waals surface area (Å²) in [4.78, 5) is 8.20. The van der Waals surface area contributed by atoms with E-state index in [1.807, 2.05) is 13.0 Å². The Morgan fingerprint density at radius 3 is 2.80 bits per heavy atom. The standard InChI is InChI=1S/C9H14N4.2ClH/c1-7-4-9(12-6-11-7)13-8-2-3-10-5-8;;/h4,6,8,10H,2-3,5H2,1H3,(H,11,12,13);2*1H/t8-;;/m0../s1. The van der Waals surface area contributed by atoms with Crippen LogP contribution in [0.15, 0.2) is 12.4 Å². The van der Waals surface area contributed by atoms with Crippen molar-refractivity contribution in [3.63, 3.8) is 0 Å². The van der Waals surface area contributed by atoms with E-state index < -0.39 is 0 Å². The van der Waals surface area contributed by atoms with E-state index in [0.29, 0.717) is 6.04 Å². The zero-order chi connectivity index (χ0) is 9.10. The molecular formula is C9H16Cl2N4. The third-order valence-electron chi connectivity index (χ3n) is 2.22. The van der Waals surface area contributed by atoms with Crippen LogP contribution in [0, 0.1) is 6.92 Å². The van der Waals surface area contributed by atoms with Crippen molar-refractivity contribution < 1.29 is 0 Å². The van der Waals surface area contributed by atoms with Crippen LogP contribution < -0.4 is 10.6 Å². The van der Waals surface area contributed by atoms with Gasteiger partial charge in [-0.15, -0.1) is 24.8 Å². The van der Waals surface area contributed by atoms with Gasteiger partial charge in [0.25, 0.3) is 0 Å². The first-order valence-corrected chi connectivity index (χ1v) is 4.60. The number of anilines is 1. The molecule has 15 heavy (non-hydrogen) atoms. The summed E-state index contributed by atoms with van der Waals surface area (Å²) in [5.74, 6) is 0.932. The van der Waals surface area contributed by atoms with E-state index in [4.69, 9.17) is 0 Å². The third-order valence-corrected chi connectivity index (χ3v) is 2.22. The Balaban J connectivity index is 0.000000980. The number of aromatic nitrogens is 2. The van der Waals surface area contributed by atoms with Crippen molar-refractivity contribution >= 4 is 30.6 Å². The minimum atomic E-state index is 0. The minimum Gasteiger partial charge on any atom is -0.366 e. The van der Waals surface area contributed by atoms with E-state index in [1.54, 1.807) is 6.33 Å².